The van der Waals surface area contributed by atoms with Crippen molar-refractivity contribution >= 4 is 11.9 Å². The van der Waals surface area contributed by atoms with E-state index in [1.807, 2.05) is 13.8 Å². The summed E-state index contributed by atoms with van der Waals surface area (Å²) in [5.41, 5.74) is 0.301. The molecule has 0 fully saturated rings. The molecule has 1 rings (SSSR count). The van der Waals surface area contributed by atoms with Crippen LogP contribution in [0.1, 0.15) is 97.8 Å². The third kappa shape index (κ3) is 7.13. The van der Waals surface area contributed by atoms with Crippen LogP contribution in [-0.2, 0) is 9.59 Å². The summed E-state index contributed by atoms with van der Waals surface area (Å²) in [5, 5.41) is 19.4. The van der Waals surface area contributed by atoms with Gasteiger partial charge in [0.2, 0.25) is 0 Å². The molecule has 0 aromatic carbocycles. The van der Waals surface area contributed by atoms with Crippen molar-refractivity contribution < 1.29 is 19.8 Å². The molecule has 4 nitrogen and oxygen atoms in total. The summed E-state index contributed by atoms with van der Waals surface area (Å²) in [7, 11) is 0. The van der Waals surface area contributed by atoms with Crippen molar-refractivity contribution in [1.82, 2.24) is 0 Å². The monoisotopic (exact) mass is 366 g/mol. The van der Waals surface area contributed by atoms with Gasteiger partial charge in [0.1, 0.15) is 0 Å². The second kappa shape index (κ2) is 11.4. The molecule has 3 unspecified atom stereocenters. The summed E-state index contributed by atoms with van der Waals surface area (Å²) in [4.78, 5) is 23.7. The summed E-state index contributed by atoms with van der Waals surface area (Å²) in [6.07, 6.45) is 13.4. The van der Waals surface area contributed by atoms with Gasteiger partial charge in [-0.1, -0.05) is 57.6 Å². The molecule has 0 aliphatic heterocycles. The Morgan fingerprint density at radius 1 is 1.15 bits per heavy atom. The lowest BCUT2D eigenvalue weighted by Crippen LogP contribution is -2.31. The number of carbonyl (C=O) groups is 2. The molecule has 3 atom stereocenters. The topological polar surface area (TPSA) is 74.6 Å². The Kier molecular flexibility index (Phi) is 9.97. The first-order valence-corrected chi connectivity index (χ1v) is 10.5. The van der Waals surface area contributed by atoms with E-state index in [1.54, 1.807) is 0 Å². The van der Waals surface area contributed by atoms with Gasteiger partial charge in [-0.15, -0.1) is 0 Å². The maximum Gasteiger partial charge on any atom is 0.310 e. The average Bonchev–Trinajstić information content (AvgIpc) is 2.63. The second-order valence-corrected chi connectivity index (χ2v) is 8.29. The van der Waals surface area contributed by atoms with E-state index in [2.05, 4.69) is 13.0 Å². The fourth-order valence-electron chi connectivity index (χ4n) is 4.11. The number of hydrogen-bond acceptors (Lipinski definition) is 2. The highest BCUT2D eigenvalue weighted by Crippen LogP contribution is 2.38. The second-order valence-electron chi connectivity index (χ2n) is 8.29. The molecular formula is C22H38O4. The first-order chi connectivity index (χ1) is 12.3. The van der Waals surface area contributed by atoms with Gasteiger partial charge in [0.15, 0.2) is 0 Å². The lowest BCUT2D eigenvalue weighted by atomic mass is 9.73. The summed E-state index contributed by atoms with van der Waals surface area (Å²) < 4.78 is 0. The SMILES string of the molecule is CCCCCCC(CC(C(=O)O)C1=CCCCC1)CC(C)(CC)C(=O)O. The number of carboxylic acids is 2. The molecule has 26 heavy (non-hydrogen) atoms. The molecule has 0 saturated carbocycles. The Morgan fingerprint density at radius 3 is 2.38 bits per heavy atom. The predicted octanol–water partition coefficient (Wildman–Crippen LogP) is 6.06. The highest BCUT2D eigenvalue weighted by molar-refractivity contribution is 5.74. The maximum atomic E-state index is 11.9. The summed E-state index contributed by atoms with van der Waals surface area (Å²) in [5.74, 6) is -1.80. The van der Waals surface area contributed by atoms with Crippen LogP contribution in [-0.4, -0.2) is 22.2 Å². The van der Waals surface area contributed by atoms with E-state index in [0.717, 1.165) is 56.9 Å². The van der Waals surface area contributed by atoms with Crippen molar-refractivity contribution in [2.75, 3.05) is 0 Å². The van der Waals surface area contributed by atoms with E-state index >= 15 is 0 Å². The van der Waals surface area contributed by atoms with Crippen LogP contribution in [0.4, 0.5) is 0 Å². The molecular weight excluding hydrogens is 328 g/mol. The molecule has 0 aromatic heterocycles. The quantitative estimate of drug-likeness (QED) is 0.307. The number of rotatable bonds is 13. The maximum absolute atomic E-state index is 11.9. The number of carboxylic acid groups (broad SMARTS) is 2. The first-order valence-electron chi connectivity index (χ1n) is 10.5. The Hall–Kier alpha value is -1.32. The van der Waals surface area contributed by atoms with Gasteiger partial charge in [0, 0.05) is 0 Å². The predicted molar refractivity (Wildman–Crippen MR) is 105 cm³/mol. The number of unbranched alkanes of at least 4 members (excludes halogenated alkanes) is 3. The van der Waals surface area contributed by atoms with Crippen LogP contribution in [0.15, 0.2) is 11.6 Å². The van der Waals surface area contributed by atoms with Gasteiger partial charge in [-0.05, 0) is 57.8 Å². The molecule has 0 radical (unpaired) electrons. The minimum absolute atomic E-state index is 0.150. The molecule has 0 aromatic rings. The standard InChI is InChI=1S/C22H38O4/c1-4-6-7-9-12-17(16-22(3,5-2)21(25)26)15-19(20(23)24)18-13-10-8-11-14-18/h13,17,19H,4-12,14-16H2,1-3H3,(H,23,24)(H,25,26). The van der Waals surface area contributed by atoms with Gasteiger partial charge in [-0.2, -0.15) is 0 Å². The number of hydrogen-bond donors (Lipinski definition) is 2. The van der Waals surface area contributed by atoms with Crippen LogP contribution in [0.2, 0.25) is 0 Å². The molecule has 1 aliphatic carbocycles. The third-order valence-electron chi connectivity index (χ3n) is 6.14. The van der Waals surface area contributed by atoms with Gasteiger partial charge in [0.25, 0.3) is 0 Å². The molecule has 0 spiro atoms. The number of aliphatic carboxylic acids is 2. The van der Waals surface area contributed by atoms with E-state index in [-0.39, 0.29) is 5.92 Å². The van der Waals surface area contributed by atoms with Crippen LogP contribution in [0, 0.1) is 17.3 Å². The molecule has 0 amide bonds. The van der Waals surface area contributed by atoms with Gasteiger partial charge in [0.05, 0.1) is 11.3 Å². The van der Waals surface area contributed by atoms with Crippen LogP contribution in [0.5, 0.6) is 0 Å². The number of allylic oxidation sites excluding steroid dienone is 1. The minimum Gasteiger partial charge on any atom is -0.481 e. The minimum atomic E-state index is -0.764. The normalized spacial score (nSPS) is 19.3. The van der Waals surface area contributed by atoms with Crippen molar-refractivity contribution in [3.63, 3.8) is 0 Å². The van der Waals surface area contributed by atoms with Crippen LogP contribution < -0.4 is 0 Å². The Labute approximate surface area is 159 Å². The van der Waals surface area contributed by atoms with Crippen molar-refractivity contribution in [2.24, 2.45) is 17.3 Å². The third-order valence-corrected chi connectivity index (χ3v) is 6.14. The summed E-state index contributed by atoms with van der Waals surface area (Å²) in [6.45, 7) is 5.90. The lowest BCUT2D eigenvalue weighted by Gasteiger charge is -2.31. The van der Waals surface area contributed by atoms with E-state index in [1.165, 1.54) is 6.42 Å². The molecule has 0 bridgehead atoms. The van der Waals surface area contributed by atoms with Crippen molar-refractivity contribution in [3.8, 4) is 0 Å². The van der Waals surface area contributed by atoms with Crippen molar-refractivity contribution in [1.29, 1.82) is 0 Å². The van der Waals surface area contributed by atoms with Crippen molar-refractivity contribution in [3.05, 3.63) is 11.6 Å². The van der Waals surface area contributed by atoms with Gasteiger partial charge in [-0.3, -0.25) is 9.59 Å². The molecule has 1 aliphatic rings. The fraction of sp³-hybridized carbons (Fsp3) is 0.818. The van der Waals surface area contributed by atoms with Gasteiger partial charge >= 0.3 is 11.9 Å². The highest BCUT2D eigenvalue weighted by Gasteiger charge is 2.36. The van der Waals surface area contributed by atoms with E-state index in [0.29, 0.717) is 19.3 Å². The Morgan fingerprint density at radius 2 is 1.88 bits per heavy atom. The van der Waals surface area contributed by atoms with Gasteiger partial charge < -0.3 is 10.2 Å². The first kappa shape index (κ1) is 22.7. The zero-order valence-corrected chi connectivity index (χ0v) is 16.9. The zero-order chi connectivity index (χ0) is 19.6. The smallest absolute Gasteiger partial charge is 0.310 e. The Bertz CT molecular complexity index is 483. The van der Waals surface area contributed by atoms with Crippen molar-refractivity contribution in [2.45, 2.75) is 97.8 Å². The van der Waals surface area contributed by atoms with E-state index in [4.69, 9.17) is 0 Å². The fourth-order valence-corrected chi connectivity index (χ4v) is 4.11. The zero-order valence-electron chi connectivity index (χ0n) is 16.9. The largest absolute Gasteiger partial charge is 0.481 e. The summed E-state index contributed by atoms with van der Waals surface area (Å²) >= 11 is 0. The van der Waals surface area contributed by atoms with E-state index in [9.17, 15) is 19.8 Å². The van der Waals surface area contributed by atoms with Crippen LogP contribution >= 0.6 is 0 Å². The lowest BCUT2D eigenvalue weighted by molar-refractivity contribution is -0.149. The van der Waals surface area contributed by atoms with Crippen LogP contribution in [0.25, 0.3) is 0 Å². The van der Waals surface area contributed by atoms with Gasteiger partial charge in [-0.25, -0.2) is 0 Å². The highest BCUT2D eigenvalue weighted by atomic mass is 16.4. The molecule has 2 N–H and O–H groups in total. The molecule has 4 heteroatoms. The molecule has 0 heterocycles. The summed E-state index contributed by atoms with van der Waals surface area (Å²) in [6, 6.07) is 0. The molecule has 150 valence electrons. The van der Waals surface area contributed by atoms with E-state index < -0.39 is 23.3 Å². The molecule has 0 saturated heterocycles. The average molecular weight is 367 g/mol. The Balaban J connectivity index is 2.88. The van der Waals surface area contributed by atoms with Crippen LogP contribution in [0.3, 0.4) is 0 Å².